The van der Waals surface area contributed by atoms with Gasteiger partial charge in [0.2, 0.25) is 5.24 Å². The molecule has 0 spiro atoms. The number of methoxy groups -OCH3 is 3. The molecule has 0 unspecified atom stereocenters. The van der Waals surface area contributed by atoms with Gasteiger partial charge in [-0.15, -0.1) is 12.4 Å². The number of carbonyl (C=O) groups is 6. The van der Waals surface area contributed by atoms with Crippen molar-refractivity contribution in [3.63, 3.8) is 0 Å². The van der Waals surface area contributed by atoms with Gasteiger partial charge in [-0.05, 0) is 88.4 Å². The fraction of sp³-hybridized carbons (Fsp3) is 0.681. The molecule has 3 fully saturated rings. The number of ether oxygens (including phenoxy) is 3. The number of allylic oxidation sites excluding steroid dienone is 2. The third kappa shape index (κ3) is 33.3. The topological polar surface area (TPSA) is 224 Å². The van der Waals surface area contributed by atoms with Gasteiger partial charge in [0, 0.05) is 55.7 Å². The van der Waals surface area contributed by atoms with Gasteiger partial charge >= 0.3 is 17.9 Å². The second-order valence-corrected chi connectivity index (χ2v) is 15.7. The molecular formula is C47H79Cl2NO13. The Labute approximate surface area is 387 Å². The van der Waals surface area contributed by atoms with Crippen LogP contribution in [-0.4, -0.2) is 76.6 Å². The van der Waals surface area contributed by atoms with Crippen molar-refractivity contribution in [2.24, 2.45) is 11.8 Å². The van der Waals surface area contributed by atoms with Gasteiger partial charge in [0.1, 0.15) is 11.6 Å². The van der Waals surface area contributed by atoms with Gasteiger partial charge in [-0.25, -0.2) is 9.59 Å². The van der Waals surface area contributed by atoms with Crippen LogP contribution >= 0.6 is 24.0 Å². The maximum absolute atomic E-state index is 12.0. The van der Waals surface area contributed by atoms with Crippen LogP contribution in [0.1, 0.15) is 181 Å². The number of ketones is 2. The SMILES string of the molecule is CC/C(=C\C(=O)OC)CC(=O)C1CCCCC1.CC/C(C)=C\C(=O)OC.CCC(C)=O.COC(C)=O.Cl.O.O=C(Cl)C1CCCCC1.O=c1cc(CO)cc(C2CCCCC2)n1O. The van der Waals surface area contributed by atoms with E-state index < -0.39 is 5.56 Å². The Bertz CT molecular complexity index is 1560. The number of pyridine rings is 1. The molecule has 63 heavy (non-hydrogen) atoms. The zero-order valence-electron chi connectivity index (χ0n) is 39.4. The monoisotopic (exact) mass is 935 g/mol. The molecule has 0 radical (unpaired) electrons. The maximum Gasteiger partial charge on any atom is 0.330 e. The van der Waals surface area contributed by atoms with Gasteiger partial charge in [-0.1, -0.05) is 89.7 Å². The Morgan fingerprint density at radius 3 is 1.48 bits per heavy atom. The minimum absolute atomic E-state index is 0. The highest BCUT2D eigenvalue weighted by atomic mass is 35.5. The highest BCUT2D eigenvalue weighted by molar-refractivity contribution is 6.63. The van der Waals surface area contributed by atoms with E-state index in [1.165, 1.54) is 91.4 Å². The normalized spacial score (nSPS) is 15.2. The van der Waals surface area contributed by atoms with E-state index in [-0.39, 0.29) is 71.2 Å². The number of nitrogens with zero attached hydrogens (tertiary/aromatic N) is 1. The predicted molar refractivity (Wildman–Crippen MR) is 249 cm³/mol. The van der Waals surface area contributed by atoms with Gasteiger partial charge < -0.3 is 34.8 Å². The minimum Gasteiger partial charge on any atom is -0.469 e. The molecule has 4 rings (SSSR count). The summed E-state index contributed by atoms with van der Waals surface area (Å²) >= 11 is 5.32. The molecule has 0 saturated heterocycles. The minimum atomic E-state index is -0.452. The van der Waals surface area contributed by atoms with Gasteiger partial charge in [-0.3, -0.25) is 19.2 Å². The molecule has 1 heterocycles. The molecule has 4 N–H and O–H groups in total. The number of rotatable bonds is 11. The fourth-order valence-electron chi connectivity index (χ4n) is 6.41. The lowest BCUT2D eigenvalue weighted by Crippen LogP contribution is -2.24. The smallest absolute Gasteiger partial charge is 0.330 e. The summed E-state index contributed by atoms with van der Waals surface area (Å²) in [5, 5.41) is 18.6. The van der Waals surface area contributed by atoms with E-state index in [2.05, 4.69) is 14.2 Å². The van der Waals surface area contributed by atoms with E-state index in [9.17, 15) is 38.8 Å². The van der Waals surface area contributed by atoms with Crippen molar-refractivity contribution >= 4 is 58.7 Å². The van der Waals surface area contributed by atoms with Crippen LogP contribution in [0.4, 0.5) is 0 Å². The quantitative estimate of drug-likeness (QED) is 0.0696. The Balaban J connectivity index is -0.000000349. The van der Waals surface area contributed by atoms with Crippen LogP contribution in [0.15, 0.2) is 40.2 Å². The van der Waals surface area contributed by atoms with Gasteiger partial charge in [-0.2, -0.15) is 4.73 Å². The van der Waals surface area contributed by atoms with Crippen molar-refractivity contribution in [2.75, 3.05) is 21.3 Å². The number of aromatic nitrogens is 1. The lowest BCUT2D eigenvalue weighted by molar-refractivity contribution is -0.138. The molecule has 364 valence electrons. The molecule has 0 atom stereocenters. The van der Waals surface area contributed by atoms with E-state index in [1.807, 2.05) is 27.7 Å². The molecule has 0 bridgehead atoms. The molecular weight excluding hydrogens is 857 g/mol. The standard InChI is InChI=1S/C14H22O3.C12H17NO3.C7H11ClO.C7H12O2.C4H8O.C3H6O2.ClH.H2O/c1-3-11(10-14(16)17-2)9-13(15)12-7-5-4-6-8-12;14-8-9-6-11(13(16)12(15)7-9)10-4-2-1-3-5-10;8-7(9)6-4-2-1-3-5-6;1-4-6(2)5-7(8)9-3;1-3-4(2)5;1-3(4)5-2;;/h10,12H,3-9H2,1-2H3;6-7,10,14,16H,1-5,8H2;6H,1-5H2;5H,4H2,1-3H3;3H2,1-2H3;1-2H3;1H;1H2/b11-10+;;;6-5-;;;;. The molecule has 3 aliphatic carbocycles. The zero-order chi connectivity index (χ0) is 46.8. The molecule has 1 aromatic heterocycles. The summed E-state index contributed by atoms with van der Waals surface area (Å²) in [6.07, 6.45) is 22.5. The maximum atomic E-state index is 12.0. The molecule has 0 aliphatic heterocycles. The first-order valence-electron chi connectivity index (χ1n) is 21.8. The summed E-state index contributed by atoms with van der Waals surface area (Å²) in [7, 11) is 4.08. The average Bonchev–Trinajstić information content (AvgIpc) is 3.28. The lowest BCUT2D eigenvalue weighted by Gasteiger charge is -2.23. The largest absolute Gasteiger partial charge is 0.469 e. The fourth-order valence-corrected chi connectivity index (χ4v) is 6.63. The highest BCUT2D eigenvalue weighted by Gasteiger charge is 2.22. The summed E-state index contributed by atoms with van der Waals surface area (Å²) in [5.41, 5.74) is 2.70. The van der Waals surface area contributed by atoms with Gasteiger partial charge in [0.25, 0.3) is 5.56 Å². The van der Waals surface area contributed by atoms with Crippen LogP contribution in [0, 0.1) is 11.8 Å². The van der Waals surface area contributed by atoms with Crippen LogP contribution in [0.5, 0.6) is 0 Å². The second kappa shape index (κ2) is 40.9. The first-order valence-corrected chi connectivity index (χ1v) is 22.2. The van der Waals surface area contributed by atoms with Crippen molar-refractivity contribution in [1.82, 2.24) is 4.73 Å². The van der Waals surface area contributed by atoms with E-state index in [0.717, 1.165) is 80.1 Å². The van der Waals surface area contributed by atoms with Crippen molar-refractivity contribution in [3.05, 3.63) is 57.0 Å². The predicted octanol–water partition coefficient (Wildman–Crippen LogP) is 9.27. The molecule has 14 nitrogen and oxygen atoms in total. The van der Waals surface area contributed by atoms with Crippen molar-refractivity contribution in [1.29, 1.82) is 0 Å². The first kappa shape index (κ1) is 65.8. The number of hydrogen-bond acceptors (Lipinski definition) is 12. The number of Topliss-reactive ketones (excluding diaryl/α,β-unsaturated/α-hetero) is 2. The highest BCUT2D eigenvalue weighted by Crippen LogP contribution is 2.32. The second-order valence-electron chi connectivity index (χ2n) is 15.3. The molecule has 3 aliphatic rings. The number of aliphatic hydroxyl groups excluding tert-OH is 1. The third-order valence-electron chi connectivity index (χ3n) is 10.6. The Morgan fingerprint density at radius 1 is 0.698 bits per heavy atom. The Morgan fingerprint density at radius 2 is 1.13 bits per heavy atom. The Kier molecular flexibility index (Phi) is 42.7. The summed E-state index contributed by atoms with van der Waals surface area (Å²) in [5.74, 6) is 0.319. The summed E-state index contributed by atoms with van der Waals surface area (Å²) in [6.45, 7) is 10.5. The molecule has 16 heteroatoms. The van der Waals surface area contributed by atoms with Gasteiger partial charge in [0.05, 0.1) is 33.6 Å². The average molecular weight is 937 g/mol. The third-order valence-corrected chi connectivity index (χ3v) is 10.9. The first-order chi connectivity index (χ1) is 28.9. The molecule has 3 saturated carbocycles. The van der Waals surface area contributed by atoms with E-state index in [0.29, 0.717) is 29.9 Å². The molecule has 1 aromatic rings. The van der Waals surface area contributed by atoms with E-state index in [1.54, 1.807) is 13.0 Å². The van der Waals surface area contributed by atoms with E-state index in [4.69, 9.17) is 16.7 Å². The summed E-state index contributed by atoms with van der Waals surface area (Å²) < 4.78 is 13.8. The number of halogens is 2. The summed E-state index contributed by atoms with van der Waals surface area (Å²) in [6, 6.07) is 3.00. The number of hydrogen-bond donors (Lipinski definition) is 2. The van der Waals surface area contributed by atoms with Crippen LogP contribution < -0.4 is 5.56 Å². The Hall–Kier alpha value is -3.85. The molecule has 0 amide bonds. The number of carbonyl (C=O) groups excluding carboxylic acids is 6. The van der Waals surface area contributed by atoms with Crippen LogP contribution in [0.3, 0.4) is 0 Å². The van der Waals surface area contributed by atoms with Crippen LogP contribution in [0.2, 0.25) is 0 Å². The van der Waals surface area contributed by atoms with Crippen LogP contribution in [0.25, 0.3) is 0 Å². The molecule has 0 aromatic carbocycles. The lowest BCUT2D eigenvalue weighted by atomic mass is 9.84. The van der Waals surface area contributed by atoms with E-state index >= 15 is 0 Å². The van der Waals surface area contributed by atoms with Gasteiger partial charge in [0.15, 0.2) is 0 Å². The number of esters is 3. The summed E-state index contributed by atoms with van der Waals surface area (Å²) in [4.78, 5) is 75.1. The zero-order valence-corrected chi connectivity index (χ0v) is 41.0. The number of aliphatic hydroxyl groups is 1. The van der Waals surface area contributed by atoms with Crippen molar-refractivity contribution in [2.45, 2.75) is 176 Å². The van der Waals surface area contributed by atoms with Crippen molar-refractivity contribution in [3.8, 4) is 0 Å². The van der Waals surface area contributed by atoms with Crippen molar-refractivity contribution < 1.29 is 58.8 Å². The van der Waals surface area contributed by atoms with Crippen LogP contribution in [-0.2, 0) is 49.6 Å².